The van der Waals surface area contributed by atoms with E-state index in [2.05, 4.69) is 70.1 Å². The molecular weight excluding hydrogens is 522 g/mol. The van der Waals surface area contributed by atoms with Crippen LogP contribution in [-0.2, 0) is 11.3 Å². The fourth-order valence-corrected chi connectivity index (χ4v) is 4.82. The summed E-state index contributed by atoms with van der Waals surface area (Å²) in [5.74, 6) is 0.695. The summed E-state index contributed by atoms with van der Waals surface area (Å²) < 4.78 is 9.15. The summed E-state index contributed by atoms with van der Waals surface area (Å²) in [5, 5.41) is 4.50. The van der Waals surface area contributed by atoms with Crippen molar-refractivity contribution in [2.75, 3.05) is 11.5 Å². The maximum absolute atomic E-state index is 13.2. The Bertz CT molecular complexity index is 1480. The molecule has 1 amide bonds. The van der Waals surface area contributed by atoms with Gasteiger partial charge in [0.05, 0.1) is 12.2 Å². The lowest BCUT2D eigenvalue weighted by atomic mass is 10.1. The number of nitrogens with one attached hydrogen (secondary N) is 1. The average molecular weight is 546 g/mol. The highest BCUT2D eigenvalue weighted by molar-refractivity contribution is 9.10. The summed E-state index contributed by atoms with van der Waals surface area (Å²) in [6.07, 6.45) is 3.92. The SMILES string of the molecule is Cc1ccc(OCCn2cc(/C=C3\NC(=S)N(c4ccccc4)C3=O)c3cc(Br)ccc32)cc1C. The average Bonchev–Trinajstić information content (AvgIpc) is 3.32. The van der Waals surface area contributed by atoms with Crippen molar-refractivity contribution >= 4 is 61.8 Å². The zero-order valence-electron chi connectivity index (χ0n) is 19.4. The van der Waals surface area contributed by atoms with E-state index in [1.807, 2.05) is 48.5 Å². The number of thiocarbonyl (C=S) groups is 1. The van der Waals surface area contributed by atoms with Crippen LogP contribution < -0.4 is 15.0 Å². The number of hydrogen-bond donors (Lipinski definition) is 1. The fraction of sp³-hybridized carbons (Fsp3) is 0.143. The summed E-state index contributed by atoms with van der Waals surface area (Å²) in [4.78, 5) is 14.7. The maximum atomic E-state index is 13.2. The molecule has 1 aliphatic rings. The number of aromatic nitrogens is 1. The molecule has 1 saturated heterocycles. The molecule has 35 heavy (non-hydrogen) atoms. The summed E-state index contributed by atoms with van der Waals surface area (Å²) in [6.45, 7) is 5.38. The monoisotopic (exact) mass is 545 g/mol. The van der Waals surface area contributed by atoms with E-state index < -0.39 is 0 Å². The van der Waals surface area contributed by atoms with E-state index >= 15 is 0 Å². The Morgan fingerprint density at radius 2 is 1.83 bits per heavy atom. The van der Waals surface area contributed by atoms with E-state index in [4.69, 9.17) is 17.0 Å². The van der Waals surface area contributed by atoms with E-state index in [1.54, 1.807) is 0 Å². The van der Waals surface area contributed by atoms with Gasteiger partial charge in [-0.05, 0) is 85.7 Å². The number of aryl methyl sites for hydroxylation is 2. The number of carbonyl (C=O) groups excluding carboxylic acids is 1. The Kier molecular flexibility index (Phi) is 6.45. The number of carbonyl (C=O) groups is 1. The first-order valence-electron chi connectivity index (χ1n) is 11.3. The highest BCUT2D eigenvalue weighted by Gasteiger charge is 2.32. The van der Waals surface area contributed by atoms with Gasteiger partial charge in [-0.3, -0.25) is 9.69 Å². The maximum Gasteiger partial charge on any atom is 0.281 e. The molecule has 5 rings (SSSR count). The summed E-state index contributed by atoms with van der Waals surface area (Å²) in [7, 11) is 0. The van der Waals surface area contributed by atoms with Gasteiger partial charge in [-0.2, -0.15) is 0 Å². The number of benzene rings is 3. The van der Waals surface area contributed by atoms with Gasteiger partial charge in [0, 0.05) is 27.1 Å². The van der Waals surface area contributed by atoms with Gasteiger partial charge in [0.25, 0.3) is 5.91 Å². The number of nitrogens with zero attached hydrogens (tertiary/aromatic N) is 2. The van der Waals surface area contributed by atoms with Gasteiger partial charge in [0.2, 0.25) is 0 Å². The van der Waals surface area contributed by atoms with E-state index in [0.717, 1.165) is 32.4 Å². The highest BCUT2D eigenvalue weighted by Crippen LogP contribution is 2.29. The predicted molar refractivity (Wildman–Crippen MR) is 149 cm³/mol. The second-order valence-corrected chi connectivity index (χ2v) is 9.80. The molecule has 7 heteroatoms. The largest absolute Gasteiger partial charge is 0.492 e. The smallest absolute Gasteiger partial charge is 0.281 e. The molecule has 0 atom stereocenters. The van der Waals surface area contributed by atoms with Gasteiger partial charge in [0.15, 0.2) is 5.11 Å². The van der Waals surface area contributed by atoms with Gasteiger partial charge in [-0.25, -0.2) is 0 Å². The number of anilines is 1. The first-order valence-corrected chi connectivity index (χ1v) is 12.5. The van der Waals surface area contributed by atoms with Gasteiger partial charge < -0.3 is 14.6 Å². The van der Waals surface area contributed by atoms with Crippen LogP contribution in [0, 0.1) is 13.8 Å². The lowest BCUT2D eigenvalue weighted by molar-refractivity contribution is -0.113. The number of hydrogen-bond acceptors (Lipinski definition) is 3. The van der Waals surface area contributed by atoms with E-state index in [-0.39, 0.29) is 5.91 Å². The van der Waals surface area contributed by atoms with Crippen molar-refractivity contribution < 1.29 is 9.53 Å². The van der Waals surface area contributed by atoms with Crippen molar-refractivity contribution in [3.63, 3.8) is 0 Å². The topological polar surface area (TPSA) is 46.5 Å². The third kappa shape index (κ3) is 4.74. The molecule has 4 aromatic rings. The Balaban J connectivity index is 1.42. The van der Waals surface area contributed by atoms with Crippen LogP contribution in [0.1, 0.15) is 16.7 Å². The quantitative estimate of drug-likeness (QED) is 0.226. The molecule has 0 bridgehead atoms. The van der Waals surface area contributed by atoms with Gasteiger partial charge in [-0.1, -0.05) is 40.2 Å². The number of halogens is 1. The zero-order valence-corrected chi connectivity index (χ0v) is 21.8. The highest BCUT2D eigenvalue weighted by atomic mass is 79.9. The Morgan fingerprint density at radius 3 is 2.60 bits per heavy atom. The van der Waals surface area contributed by atoms with Gasteiger partial charge in [-0.15, -0.1) is 0 Å². The second-order valence-electron chi connectivity index (χ2n) is 8.50. The fourth-order valence-electron chi connectivity index (χ4n) is 4.16. The van der Waals surface area contributed by atoms with Crippen molar-refractivity contribution in [2.45, 2.75) is 20.4 Å². The number of rotatable bonds is 6. The minimum atomic E-state index is -0.171. The van der Waals surface area contributed by atoms with Crippen molar-refractivity contribution in [3.8, 4) is 5.75 Å². The molecule has 0 aliphatic carbocycles. The van der Waals surface area contributed by atoms with Crippen LogP contribution in [0.5, 0.6) is 5.75 Å². The van der Waals surface area contributed by atoms with Crippen LogP contribution in [0.25, 0.3) is 17.0 Å². The minimum Gasteiger partial charge on any atom is -0.492 e. The lowest BCUT2D eigenvalue weighted by Crippen LogP contribution is -2.30. The molecule has 176 valence electrons. The third-order valence-corrected chi connectivity index (χ3v) is 6.92. The Hall–Kier alpha value is -3.42. The molecule has 0 radical (unpaired) electrons. The molecule has 0 spiro atoms. The summed E-state index contributed by atoms with van der Waals surface area (Å²) in [6, 6.07) is 21.7. The summed E-state index contributed by atoms with van der Waals surface area (Å²) in [5.41, 5.74) is 5.65. The molecule has 1 fully saturated rings. The molecule has 0 saturated carbocycles. The molecule has 0 unspecified atom stereocenters. The molecule has 1 N–H and O–H groups in total. The zero-order chi connectivity index (χ0) is 24.5. The van der Waals surface area contributed by atoms with E-state index in [1.165, 1.54) is 16.0 Å². The second kappa shape index (κ2) is 9.68. The molecule has 1 aliphatic heterocycles. The van der Waals surface area contributed by atoms with Crippen LogP contribution >= 0.6 is 28.1 Å². The standard InChI is InChI=1S/C28H24BrN3O2S/c1-18-8-10-23(14-19(18)2)34-13-12-31-17-20(24-16-21(29)9-11-26(24)31)15-25-27(33)32(28(35)30-25)22-6-4-3-5-7-22/h3-11,14-17H,12-13H2,1-2H3,(H,30,35)/b25-15-. The Morgan fingerprint density at radius 1 is 1.03 bits per heavy atom. The number of amides is 1. The Labute approximate surface area is 218 Å². The molecule has 2 heterocycles. The van der Waals surface area contributed by atoms with E-state index in [0.29, 0.717) is 24.0 Å². The van der Waals surface area contributed by atoms with E-state index in [9.17, 15) is 4.79 Å². The van der Waals surface area contributed by atoms with Crippen LogP contribution in [0.4, 0.5) is 5.69 Å². The van der Waals surface area contributed by atoms with Crippen molar-refractivity contribution in [3.05, 3.63) is 99.8 Å². The van der Waals surface area contributed by atoms with Crippen LogP contribution in [0.2, 0.25) is 0 Å². The minimum absolute atomic E-state index is 0.171. The van der Waals surface area contributed by atoms with Crippen molar-refractivity contribution in [2.24, 2.45) is 0 Å². The molecule has 5 nitrogen and oxygen atoms in total. The lowest BCUT2D eigenvalue weighted by Gasteiger charge is -2.13. The normalized spacial score (nSPS) is 14.7. The van der Waals surface area contributed by atoms with Crippen LogP contribution in [-0.4, -0.2) is 22.2 Å². The van der Waals surface area contributed by atoms with Gasteiger partial charge >= 0.3 is 0 Å². The molecule has 1 aromatic heterocycles. The summed E-state index contributed by atoms with van der Waals surface area (Å²) >= 11 is 9.04. The van der Waals surface area contributed by atoms with Crippen LogP contribution in [0.3, 0.4) is 0 Å². The first kappa shape index (κ1) is 23.3. The third-order valence-electron chi connectivity index (χ3n) is 6.15. The number of ether oxygens (including phenoxy) is 1. The first-order chi connectivity index (χ1) is 16.9. The van der Waals surface area contributed by atoms with Crippen LogP contribution in [0.15, 0.2) is 83.1 Å². The number of fused-ring (bicyclic) bond motifs is 1. The predicted octanol–water partition coefficient (Wildman–Crippen LogP) is 6.36. The van der Waals surface area contributed by atoms with Crippen molar-refractivity contribution in [1.29, 1.82) is 0 Å². The molecule has 3 aromatic carbocycles. The van der Waals surface area contributed by atoms with Gasteiger partial charge in [0.1, 0.15) is 18.1 Å². The number of para-hydroxylation sites is 1. The van der Waals surface area contributed by atoms with Crippen molar-refractivity contribution in [1.82, 2.24) is 9.88 Å². The molecular formula is C28H24BrN3O2S.